The second kappa shape index (κ2) is 6.24. The molecule has 0 spiro atoms. The average molecular weight is 286 g/mol. The van der Waals surface area contributed by atoms with Crippen LogP contribution >= 0.6 is 15.9 Å². The van der Waals surface area contributed by atoms with Gasteiger partial charge in [0.25, 0.3) is 0 Å². The Kier molecular flexibility index (Phi) is 4.94. The molecule has 0 aliphatic rings. The monoisotopic (exact) mass is 285 g/mol. The minimum absolute atomic E-state index is 0.0510. The van der Waals surface area contributed by atoms with Gasteiger partial charge in [-0.05, 0) is 17.7 Å². The molecule has 3 amide bonds. The first-order valence-electron chi connectivity index (χ1n) is 4.62. The van der Waals surface area contributed by atoms with E-state index in [-0.39, 0.29) is 6.54 Å². The molecule has 0 bridgehead atoms. The Morgan fingerprint density at radius 3 is 2.75 bits per heavy atom. The fourth-order valence-corrected chi connectivity index (χ4v) is 1.60. The van der Waals surface area contributed by atoms with Gasteiger partial charge in [-0.15, -0.1) is 0 Å². The first-order chi connectivity index (χ1) is 7.58. The van der Waals surface area contributed by atoms with Crippen molar-refractivity contribution in [3.8, 4) is 0 Å². The lowest BCUT2D eigenvalue weighted by molar-refractivity contribution is -0.119. The zero-order chi connectivity index (χ0) is 12.0. The summed E-state index contributed by atoms with van der Waals surface area (Å²) in [5.74, 6) is -0.442. The van der Waals surface area contributed by atoms with Crippen LogP contribution in [-0.2, 0) is 11.3 Å². The van der Waals surface area contributed by atoms with Crippen LogP contribution in [0, 0.1) is 0 Å². The number of urea groups is 1. The Balaban J connectivity index is 2.30. The predicted octanol–water partition coefficient (Wildman–Crippen LogP) is 0.734. The van der Waals surface area contributed by atoms with Crippen molar-refractivity contribution in [1.82, 2.24) is 10.6 Å². The van der Waals surface area contributed by atoms with Crippen molar-refractivity contribution in [1.29, 1.82) is 0 Å². The zero-order valence-corrected chi connectivity index (χ0v) is 10.1. The van der Waals surface area contributed by atoms with Crippen molar-refractivity contribution >= 4 is 27.9 Å². The molecule has 5 nitrogen and oxygen atoms in total. The topological polar surface area (TPSA) is 84.2 Å². The van der Waals surface area contributed by atoms with Crippen molar-refractivity contribution in [2.45, 2.75) is 6.54 Å². The van der Waals surface area contributed by atoms with Gasteiger partial charge in [0.05, 0.1) is 6.54 Å². The Morgan fingerprint density at radius 2 is 2.12 bits per heavy atom. The third-order valence-corrected chi connectivity index (χ3v) is 2.26. The standard InChI is InChI=1S/C10H12BrN3O2/c11-8-3-1-2-7(4-8)5-13-6-9(15)14-10(12)16/h1-4,13H,5-6H2,(H3,12,14,15,16). The van der Waals surface area contributed by atoms with Crippen molar-refractivity contribution in [3.05, 3.63) is 34.3 Å². The molecule has 1 aromatic rings. The second-order valence-electron chi connectivity index (χ2n) is 3.15. The maximum Gasteiger partial charge on any atom is 0.318 e. The third-order valence-electron chi connectivity index (χ3n) is 1.77. The van der Waals surface area contributed by atoms with Crippen LogP contribution in [0.4, 0.5) is 4.79 Å². The smallest absolute Gasteiger partial charge is 0.318 e. The number of amides is 3. The fourth-order valence-electron chi connectivity index (χ4n) is 1.15. The lowest BCUT2D eigenvalue weighted by Crippen LogP contribution is -2.40. The number of hydrogen-bond acceptors (Lipinski definition) is 3. The summed E-state index contributed by atoms with van der Waals surface area (Å²) in [6.45, 7) is 0.598. The molecule has 0 aliphatic heterocycles. The van der Waals surface area contributed by atoms with E-state index in [2.05, 4.69) is 21.2 Å². The van der Waals surface area contributed by atoms with E-state index in [4.69, 9.17) is 5.73 Å². The molecule has 16 heavy (non-hydrogen) atoms. The molecule has 86 valence electrons. The van der Waals surface area contributed by atoms with Gasteiger partial charge in [-0.25, -0.2) is 4.79 Å². The molecule has 0 fully saturated rings. The van der Waals surface area contributed by atoms with E-state index in [1.54, 1.807) is 0 Å². The number of hydrogen-bond donors (Lipinski definition) is 3. The highest BCUT2D eigenvalue weighted by Gasteiger charge is 2.02. The molecule has 0 atom stereocenters. The Morgan fingerprint density at radius 1 is 1.38 bits per heavy atom. The Hall–Kier alpha value is -1.40. The van der Waals surface area contributed by atoms with Gasteiger partial charge < -0.3 is 11.1 Å². The molecule has 0 heterocycles. The van der Waals surface area contributed by atoms with Crippen LogP contribution in [0.5, 0.6) is 0 Å². The molecule has 0 saturated heterocycles. The van der Waals surface area contributed by atoms with Gasteiger partial charge >= 0.3 is 6.03 Å². The zero-order valence-electron chi connectivity index (χ0n) is 8.50. The number of carbonyl (C=O) groups excluding carboxylic acids is 2. The van der Waals surface area contributed by atoms with E-state index >= 15 is 0 Å². The van der Waals surface area contributed by atoms with Gasteiger partial charge in [-0.3, -0.25) is 10.1 Å². The second-order valence-corrected chi connectivity index (χ2v) is 4.06. The third kappa shape index (κ3) is 4.90. The molecular formula is C10H12BrN3O2. The van der Waals surface area contributed by atoms with Gasteiger partial charge in [0.1, 0.15) is 0 Å². The summed E-state index contributed by atoms with van der Waals surface area (Å²) in [5, 5.41) is 4.86. The number of nitrogens with one attached hydrogen (secondary N) is 2. The summed E-state index contributed by atoms with van der Waals surface area (Å²) in [7, 11) is 0. The lowest BCUT2D eigenvalue weighted by atomic mass is 10.2. The normalized spacial score (nSPS) is 9.81. The van der Waals surface area contributed by atoms with Gasteiger partial charge in [0, 0.05) is 11.0 Å². The molecule has 4 N–H and O–H groups in total. The summed E-state index contributed by atoms with van der Waals surface area (Å²) in [6.07, 6.45) is 0. The predicted molar refractivity (Wildman–Crippen MR) is 63.6 cm³/mol. The highest BCUT2D eigenvalue weighted by atomic mass is 79.9. The van der Waals surface area contributed by atoms with E-state index in [1.807, 2.05) is 29.6 Å². The van der Waals surface area contributed by atoms with Crippen molar-refractivity contribution in [2.24, 2.45) is 5.73 Å². The maximum atomic E-state index is 11.0. The summed E-state index contributed by atoms with van der Waals surface area (Å²) < 4.78 is 0.980. The minimum atomic E-state index is -0.839. The molecule has 0 aliphatic carbocycles. The highest BCUT2D eigenvalue weighted by Crippen LogP contribution is 2.10. The van der Waals surface area contributed by atoms with Crippen LogP contribution in [0.1, 0.15) is 5.56 Å². The van der Waals surface area contributed by atoms with Crippen LogP contribution in [0.2, 0.25) is 0 Å². The van der Waals surface area contributed by atoms with Crippen LogP contribution in [0.25, 0.3) is 0 Å². The van der Waals surface area contributed by atoms with Gasteiger partial charge in [0.2, 0.25) is 5.91 Å². The fraction of sp³-hybridized carbons (Fsp3) is 0.200. The Labute approximate surface area is 102 Å². The maximum absolute atomic E-state index is 11.0. The van der Waals surface area contributed by atoms with Crippen LogP contribution in [0.15, 0.2) is 28.7 Å². The summed E-state index contributed by atoms with van der Waals surface area (Å²) in [6, 6.07) is 6.87. The quantitative estimate of drug-likeness (QED) is 0.763. The van der Waals surface area contributed by atoms with Gasteiger partial charge in [0.15, 0.2) is 0 Å². The number of nitrogens with two attached hydrogens (primary N) is 1. The largest absolute Gasteiger partial charge is 0.351 e. The number of imide groups is 1. The van der Waals surface area contributed by atoms with E-state index < -0.39 is 11.9 Å². The molecule has 6 heteroatoms. The van der Waals surface area contributed by atoms with E-state index in [0.29, 0.717) is 6.54 Å². The van der Waals surface area contributed by atoms with E-state index in [9.17, 15) is 9.59 Å². The molecule has 0 unspecified atom stereocenters. The van der Waals surface area contributed by atoms with Gasteiger partial charge in [-0.2, -0.15) is 0 Å². The van der Waals surface area contributed by atoms with Crippen molar-refractivity contribution in [3.63, 3.8) is 0 Å². The van der Waals surface area contributed by atoms with Crippen LogP contribution < -0.4 is 16.4 Å². The van der Waals surface area contributed by atoms with E-state index in [1.165, 1.54) is 0 Å². The van der Waals surface area contributed by atoms with Crippen LogP contribution in [0.3, 0.4) is 0 Å². The molecule has 0 aromatic heterocycles. The lowest BCUT2D eigenvalue weighted by Gasteiger charge is -2.04. The van der Waals surface area contributed by atoms with Crippen molar-refractivity contribution in [2.75, 3.05) is 6.54 Å². The number of halogens is 1. The number of carbonyl (C=O) groups is 2. The summed E-state index contributed by atoms with van der Waals surface area (Å²) in [4.78, 5) is 21.4. The molecule has 1 aromatic carbocycles. The van der Waals surface area contributed by atoms with Crippen molar-refractivity contribution < 1.29 is 9.59 Å². The summed E-state index contributed by atoms with van der Waals surface area (Å²) in [5.41, 5.74) is 5.83. The van der Waals surface area contributed by atoms with Gasteiger partial charge in [-0.1, -0.05) is 28.1 Å². The first-order valence-corrected chi connectivity index (χ1v) is 5.41. The molecular weight excluding hydrogens is 274 g/mol. The summed E-state index contributed by atoms with van der Waals surface area (Å²) >= 11 is 3.35. The minimum Gasteiger partial charge on any atom is -0.351 e. The van der Waals surface area contributed by atoms with E-state index in [0.717, 1.165) is 10.0 Å². The molecule has 0 saturated carbocycles. The SMILES string of the molecule is NC(=O)NC(=O)CNCc1cccc(Br)c1. The average Bonchev–Trinajstić information content (AvgIpc) is 2.16. The number of benzene rings is 1. The highest BCUT2D eigenvalue weighted by molar-refractivity contribution is 9.10. The number of rotatable bonds is 4. The Bertz CT molecular complexity index is 395. The molecule has 0 radical (unpaired) electrons. The van der Waals surface area contributed by atoms with Crippen LogP contribution in [-0.4, -0.2) is 18.5 Å². The first kappa shape index (κ1) is 12.7. The number of primary amides is 1. The molecule has 1 rings (SSSR count).